The molecule has 1 aliphatic heterocycles. The average molecular weight is 339 g/mol. The Hall–Kier alpha value is -0.970. The molecule has 0 aliphatic carbocycles. The fraction of sp³-hybridized carbons (Fsp3) is 0.500. The number of carboxylic acid groups (broad SMARTS) is 1. The van der Waals surface area contributed by atoms with Gasteiger partial charge in [-0.2, -0.15) is 4.31 Å². The summed E-state index contributed by atoms with van der Waals surface area (Å²) >= 11 is 0.665. The van der Waals surface area contributed by atoms with E-state index in [9.17, 15) is 21.6 Å². The number of hydrogen-bond donors (Lipinski definition) is 1. The second-order valence-electron chi connectivity index (χ2n) is 4.50. The monoisotopic (exact) mass is 339 g/mol. The van der Waals surface area contributed by atoms with Gasteiger partial charge >= 0.3 is 5.97 Å². The van der Waals surface area contributed by atoms with E-state index in [4.69, 9.17) is 5.11 Å². The molecule has 1 saturated heterocycles. The second kappa shape index (κ2) is 5.10. The molecule has 1 aliphatic rings. The Morgan fingerprint density at radius 3 is 2.60 bits per heavy atom. The van der Waals surface area contributed by atoms with Crippen LogP contribution in [0.2, 0.25) is 0 Å². The predicted octanol–water partition coefficient (Wildman–Crippen LogP) is 0.254. The largest absolute Gasteiger partial charge is 0.477 e. The van der Waals surface area contributed by atoms with E-state index in [0.717, 1.165) is 4.31 Å². The Kier molecular flexibility index (Phi) is 3.93. The van der Waals surface area contributed by atoms with Gasteiger partial charge in [0.05, 0.1) is 11.5 Å². The maximum Gasteiger partial charge on any atom is 0.345 e. The SMILES string of the molecule is CC1CS(=O)(=O)CCN1S(=O)(=O)c1ccc(C(=O)O)s1. The first-order valence-corrected chi connectivity index (χ1v) is 9.77. The highest BCUT2D eigenvalue weighted by atomic mass is 32.2. The third kappa shape index (κ3) is 2.87. The number of hydrogen-bond acceptors (Lipinski definition) is 6. The van der Waals surface area contributed by atoms with Crippen molar-refractivity contribution in [3.8, 4) is 0 Å². The molecule has 0 amide bonds. The molecule has 10 heteroatoms. The Morgan fingerprint density at radius 1 is 1.45 bits per heavy atom. The summed E-state index contributed by atoms with van der Waals surface area (Å²) < 4.78 is 48.8. The lowest BCUT2D eigenvalue weighted by molar-refractivity contribution is 0.0702. The number of carboxylic acids is 1. The highest BCUT2D eigenvalue weighted by Gasteiger charge is 2.37. The van der Waals surface area contributed by atoms with Crippen LogP contribution < -0.4 is 0 Å². The van der Waals surface area contributed by atoms with Crippen molar-refractivity contribution in [2.24, 2.45) is 0 Å². The first-order valence-electron chi connectivity index (χ1n) is 5.69. The topological polar surface area (TPSA) is 109 Å². The zero-order valence-electron chi connectivity index (χ0n) is 10.5. The Bertz CT molecular complexity index is 733. The van der Waals surface area contributed by atoms with Crippen LogP contribution in [0.15, 0.2) is 16.3 Å². The van der Waals surface area contributed by atoms with Crippen LogP contribution in [0.5, 0.6) is 0 Å². The van der Waals surface area contributed by atoms with E-state index in [1.165, 1.54) is 19.1 Å². The summed E-state index contributed by atoms with van der Waals surface area (Å²) in [6, 6.07) is 1.80. The fourth-order valence-corrected chi connectivity index (χ4v) is 6.70. The first-order chi connectivity index (χ1) is 9.13. The summed E-state index contributed by atoms with van der Waals surface area (Å²) in [5, 5.41) is 8.82. The summed E-state index contributed by atoms with van der Waals surface area (Å²) in [6.45, 7) is 1.42. The van der Waals surface area contributed by atoms with Crippen LogP contribution in [0, 0.1) is 0 Å². The molecular weight excluding hydrogens is 326 g/mol. The average Bonchev–Trinajstić information content (AvgIpc) is 2.76. The van der Waals surface area contributed by atoms with Gasteiger partial charge in [0, 0.05) is 12.6 Å². The third-order valence-corrected chi connectivity index (χ3v) is 8.31. The molecular formula is C10H13NO6S3. The molecule has 1 atom stereocenters. The van der Waals surface area contributed by atoms with Crippen molar-refractivity contribution in [1.29, 1.82) is 0 Å². The van der Waals surface area contributed by atoms with Gasteiger partial charge in [-0.3, -0.25) is 0 Å². The molecule has 2 rings (SSSR count). The molecule has 0 aromatic carbocycles. The van der Waals surface area contributed by atoms with Crippen molar-refractivity contribution in [1.82, 2.24) is 4.31 Å². The maximum absolute atomic E-state index is 12.4. The van der Waals surface area contributed by atoms with Crippen LogP contribution >= 0.6 is 11.3 Å². The maximum atomic E-state index is 12.4. The van der Waals surface area contributed by atoms with E-state index in [1.807, 2.05) is 0 Å². The van der Waals surface area contributed by atoms with Crippen molar-refractivity contribution in [3.05, 3.63) is 17.0 Å². The molecule has 1 N–H and O–H groups in total. The van der Waals surface area contributed by atoms with E-state index < -0.39 is 31.9 Å². The highest BCUT2D eigenvalue weighted by Crippen LogP contribution is 2.28. The number of rotatable bonds is 3. The van der Waals surface area contributed by atoms with Crippen LogP contribution in [0.1, 0.15) is 16.6 Å². The van der Waals surface area contributed by atoms with Gasteiger partial charge in [-0.05, 0) is 19.1 Å². The molecule has 0 radical (unpaired) electrons. The predicted molar refractivity (Wildman–Crippen MR) is 73.3 cm³/mol. The molecule has 1 aromatic heterocycles. The molecule has 0 spiro atoms. The number of carbonyl (C=O) groups is 1. The smallest absolute Gasteiger partial charge is 0.345 e. The molecule has 7 nitrogen and oxygen atoms in total. The molecule has 20 heavy (non-hydrogen) atoms. The molecule has 1 aromatic rings. The standard InChI is InChI=1S/C10H13NO6S3/c1-7-6-19(14,15)5-4-11(7)20(16,17)9-3-2-8(18-9)10(12)13/h2-3,7H,4-6H2,1H3,(H,12,13). The van der Waals surface area contributed by atoms with Crippen LogP contribution in [0.3, 0.4) is 0 Å². The third-order valence-electron chi connectivity index (χ3n) is 2.96. The first kappa shape index (κ1) is 15.4. The summed E-state index contributed by atoms with van der Waals surface area (Å²) in [4.78, 5) is 10.7. The highest BCUT2D eigenvalue weighted by molar-refractivity contribution is 7.92. The Morgan fingerprint density at radius 2 is 2.10 bits per heavy atom. The number of sulfonamides is 1. The minimum Gasteiger partial charge on any atom is -0.477 e. The fourth-order valence-electron chi connectivity index (χ4n) is 2.03. The summed E-state index contributed by atoms with van der Waals surface area (Å²) in [7, 11) is -7.06. The second-order valence-corrected chi connectivity index (χ2v) is 9.93. The molecule has 2 heterocycles. The summed E-state index contributed by atoms with van der Waals surface area (Å²) in [5.41, 5.74) is 0. The van der Waals surface area contributed by atoms with Crippen LogP contribution in [-0.2, 0) is 19.9 Å². The number of aromatic carboxylic acids is 1. The van der Waals surface area contributed by atoms with E-state index in [0.29, 0.717) is 11.3 Å². The summed E-state index contributed by atoms with van der Waals surface area (Å²) in [6.07, 6.45) is 0. The number of nitrogens with zero attached hydrogens (tertiary/aromatic N) is 1. The lowest BCUT2D eigenvalue weighted by atomic mass is 10.4. The number of thiophene rings is 1. The quantitative estimate of drug-likeness (QED) is 0.846. The van der Waals surface area contributed by atoms with Crippen molar-refractivity contribution < 1.29 is 26.7 Å². The zero-order valence-corrected chi connectivity index (χ0v) is 13.0. The van der Waals surface area contributed by atoms with E-state index in [1.54, 1.807) is 0 Å². The van der Waals surface area contributed by atoms with Gasteiger partial charge in [0.2, 0.25) is 0 Å². The van der Waals surface area contributed by atoms with Crippen molar-refractivity contribution in [2.75, 3.05) is 18.1 Å². The lowest BCUT2D eigenvalue weighted by Crippen LogP contribution is -2.49. The van der Waals surface area contributed by atoms with Crippen molar-refractivity contribution >= 4 is 37.2 Å². The Labute approximate surface area is 120 Å². The normalized spacial score (nSPS) is 23.6. The summed E-state index contributed by atoms with van der Waals surface area (Å²) in [5.74, 6) is -1.62. The van der Waals surface area contributed by atoms with Crippen molar-refractivity contribution in [3.63, 3.8) is 0 Å². The minimum absolute atomic E-state index is 0.0686. The van der Waals surface area contributed by atoms with Gasteiger partial charge in [-0.25, -0.2) is 21.6 Å². The molecule has 1 fully saturated rings. The van der Waals surface area contributed by atoms with Gasteiger partial charge in [0.25, 0.3) is 10.0 Å². The van der Waals surface area contributed by atoms with E-state index in [-0.39, 0.29) is 27.1 Å². The van der Waals surface area contributed by atoms with Crippen LogP contribution in [0.4, 0.5) is 0 Å². The molecule has 0 saturated carbocycles. The number of sulfone groups is 1. The Balaban J connectivity index is 2.33. The van der Waals surface area contributed by atoms with Gasteiger partial charge in [0.1, 0.15) is 9.09 Å². The van der Waals surface area contributed by atoms with Gasteiger partial charge < -0.3 is 5.11 Å². The molecule has 0 bridgehead atoms. The molecule has 112 valence electrons. The van der Waals surface area contributed by atoms with Gasteiger partial charge in [0.15, 0.2) is 9.84 Å². The van der Waals surface area contributed by atoms with Crippen molar-refractivity contribution in [2.45, 2.75) is 17.2 Å². The van der Waals surface area contributed by atoms with Crippen LogP contribution in [-0.4, -0.2) is 56.3 Å². The minimum atomic E-state index is -3.85. The van der Waals surface area contributed by atoms with Crippen LogP contribution in [0.25, 0.3) is 0 Å². The van der Waals surface area contributed by atoms with Gasteiger partial charge in [-0.1, -0.05) is 0 Å². The zero-order chi connectivity index (χ0) is 15.1. The van der Waals surface area contributed by atoms with E-state index in [2.05, 4.69) is 0 Å². The lowest BCUT2D eigenvalue weighted by Gasteiger charge is -2.31. The molecule has 1 unspecified atom stereocenters. The van der Waals surface area contributed by atoms with E-state index >= 15 is 0 Å². The van der Waals surface area contributed by atoms with Gasteiger partial charge in [-0.15, -0.1) is 11.3 Å².